The third kappa shape index (κ3) is 3.52. The normalized spacial score (nSPS) is 11.9. The zero-order valence-corrected chi connectivity index (χ0v) is 11.9. The van der Waals surface area contributed by atoms with Crippen molar-refractivity contribution in [2.45, 2.75) is 26.4 Å². The summed E-state index contributed by atoms with van der Waals surface area (Å²) in [5.41, 5.74) is 0.901. The van der Waals surface area contributed by atoms with Crippen LogP contribution in [0.5, 0.6) is 17.2 Å². The van der Waals surface area contributed by atoms with Crippen LogP contribution in [0.2, 0.25) is 0 Å². The Morgan fingerprint density at radius 3 is 2.20 bits per heavy atom. The molecule has 0 saturated carbocycles. The van der Waals surface area contributed by atoms with Crippen molar-refractivity contribution in [2.24, 2.45) is 0 Å². The van der Waals surface area contributed by atoms with E-state index in [0.29, 0.717) is 18.8 Å². The standard InChI is InChI=1S/C17H20O3/c1-3-15(18)13-9-11-14(12-10-13)20-17-8-6-5-7-16(17)19-4-2/h5-12,15,18H,3-4H2,1-2H3/t15-/m0/s1. The second kappa shape index (κ2) is 6.96. The minimum atomic E-state index is -0.417. The van der Waals surface area contributed by atoms with Gasteiger partial charge in [0.25, 0.3) is 0 Å². The fourth-order valence-corrected chi connectivity index (χ4v) is 1.93. The maximum atomic E-state index is 9.76. The van der Waals surface area contributed by atoms with Crippen molar-refractivity contribution in [3.8, 4) is 17.2 Å². The van der Waals surface area contributed by atoms with E-state index in [1.165, 1.54) is 0 Å². The molecule has 3 nitrogen and oxygen atoms in total. The van der Waals surface area contributed by atoms with Crippen molar-refractivity contribution >= 4 is 0 Å². The van der Waals surface area contributed by atoms with E-state index in [1.54, 1.807) is 0 Å². The van der Waals surface area contributed by atoms with Crippen LogP contribution in [0.15, 0.2) is 48.5 Å². The summed E-state index contributed by atoms with van der Waals surface area (Å²) in [4.78, 5) is 0. The van der Waals surface area contributed by atoms with Gasteiger partial charge in [-0.25, -0.2) is 0 Å². The zero-order chi connectivity index (χ0) is 14.4. The largest absolute Gasteiger partial charge is 0.490 e. The number of rotatable bonds is 6. The van der Waals surface area contributed by atoms with Crippen LogP contribution in [0.1, 0.15) is 31.9 Å². The Balaban J connectivity index is 2.14. The Labute approximate surface area is 119 Å². The van der Waals surface area contributed by atoms with Gasteiger partial charge in [-0.3, -0.25) is 0 Å². The zero-order valence-electron chi connectivity index (χ0n) is 11.9. The molecule has 106 valence electrons. The maximum Gasteiger partial charge on any atom is 0.169 e. The molecule has 2 aromatic carbocycles. The van der Waals surface area contributed by atoms with Crippen LogP contribution < -0.4 is 9.47 Å². The van der Waals surface area contributed by atoms with Gasteiger partial charge in [-0.15, -0.1) is 0 Å². The van der Waals surface area contributed by atoms with Crippen LogP contribution >= 0.6 is 0 Å². The van der Waals surface area contributed by atoms with Crippen molar-refractivity contribution < 1.29 is 14.6 Å². The summed E-state index contributed by atoms with van der Waals surface area (Å²) in [6, 6.07) is 15.1. The number of aliphatic hydroxyl groups is 1. The fraction of sp³-hybridized carbons (Fsp3) is 0.294. The van der Waals surface area contributed by atoms with Gasteiger partial charge in [-0.2, -0.15) is 0 Å². The number of para-hydroxylation sites is 2. The molecule has 1 atom stereocenters. The van der Waals surface area contributed by atoms with Gasteiger partial charge in [0, 0.05) is 0 Å². The number of ether oxygens (including phenoxy) is 2. The average molecular weight is 272 g/mol. The molecule has 0 heterocycles. The van der Waals surface area contributed by atoms with E-state index in [-0.39, 0.29) is 0 Å². The number of hydrogen-bond donors (Lipinski definition) is 1. The Morgan fingerprint density at radius 1 is 0.950 bits per heavy atom. The highest BCUT2D eigenvalue weighted by molar-refractivity contribution is 5.43. The predicted octanol–water partition coefficient (Wildman–Crippen LogP) is 4.32. The van der Waals surface area contributed by atoms with Crippen molar-refractivity contribution in [3.05, 3.63) is 54.1 Å². The molecule has 0 bridgehead atoms. The molecule has 20 heavy (non-hydrogen) atoms. The molecule has 2 aromatic rings. The van der Waals surface area contributed by atoms with Crippen LogP contribution in [0, 0.1) is 0 Å². The van der Waals surface area contributed by atoms with Gasteiger partial charge in [-0.1, -0.05) is 31.2 Å². The van der Waals surface area contributed by atoms with Gasteiger partial charge >= 0.3 is 0 Å². The SMILES string of the molecule is CCOc1ccccc1Oc1ccc([C@@H](O)CC)cc1. The molecule has 0 aliphatic heterocycles. The van der Waals surface area contributed by atoms with Crippen molar-refractivity contribution in [1.29, 1.82) is 0 Å². The van der Waals surface area contributed by atoms with Gasteiger partial charge in [0.1, 0.15) is 5.75 Å². The highest BCUT2D eigenvalue weighted by atomic mass is 16.5. The molecule has 0 aromatic heterocycles. The lowest BCUT2D eigenvalue weighted by atomic mass is 10.1. The summed E-state index contributed by atoms with van der Waals surface area (Å²) >= 11 is 0. The van der Waals surface area contributed by atoms with Crippen molar-refractivity contribution in [1.82, 2.24) is 0 Å². The predicted molar refractivity (Wildman–Crippen MR) is 79.4 cm³/mol. The lowest BCUT2D eigenvalue weighted by Gasteiger charge is -2.12. The maximum absolute atomic E-state index is 9.76. The molecule has 1 N–H and O–H groups in total. The molecule has 0 unspecified atom stereocenters. The molecule has 0 fully saturated rings. The second-order valence-corrected chi connectivity index (χ2v) is 4.47. The monoisotopic (exact) mass is 272 g/mol. The van der Waals surface area contributed by atoms with E-state index in [1.807, 2.05) is 62.4 Å². The van der Waals surface area contributed by atoms with Gasteiger partial charge in [0.15, 0.2) is 11.5 Å². The molecule has 0 aliphatic rings. The summed E-state index contributed by atoms with van der Waals surface area (Å²) < 4.78 is 11.3. The van der Waals surface area contributed by atoms with Gasteiger partial charge < -0.3 is 14.6 Å². The fourth-order valence-electron chi connectivity index (χ4n) is 1.93. The molecule has 0 amide bonds. The van der Waals surface area contributed by atoms with Crippen LogP contribution in [-0.2, 0) is 0 Å². The smallest absolute Gasteiger partial charge is 0.169 e. The van der Waals surface area contributed by atoms with Crippen LogP contribution in [0.4, 0.5) is 0 Å². The average Bonchev–Trinajstić information content (AvgIpc) is 2.49. The van der Waals surface area contributed by atoms with E-state index in [4.69, 9.17) is 9.47 Å². The summed E-state index contributed by atoms with van der Waals surface area (Å²) in [6.07, 6.45) is 0.285. The molecule has 3 heteroatoms. The first-order chi connectivity index (χ1) is 9.74. The minimum Gasteiger partial charge on any atom is -0.490 e. The molecule has 0 aliphatic carbocycles. The minimum absolute atomic E-state index is 0.417. The molecular weight excluding hydrogens is 252 g/mol. The number of benzene rings is 2. The number of aliphatic hydroxyl groups excluding tert-OH is 1. The Morgan fingerprint density at radius 2 is 1.60 bits per heavy atom. The topological polar surface area (TPSA) is 38.7 Å². The Bertz CT molecular complexity index is 534. The summed E-state index contributed by atoms with van der Waals surface area (Å²) in [7, 11) is 0. The first kappa shape index (κ1) is 14.4. The van der Waals surface area contributed by atoms with E-state index in [2.05, 4.69) is 0 Å². The highest BCUT2D eigenvalue weighted by Crippen LogP contribution is 2.31. The van der Waals surface area contributed by atoms with Crippen LogP contribution in [0.25, 0.3) is 0 Å². The molecule has 0 spiro atoms. The Kier molecular flexibility index (Phi) is 5.02. The van der Waals surface area contributed by atoms with E-state index in [9.17, 15) is 5.11 Å². The third-order valence-corrected chi connectivity index (χ3v) is 3.03. The van der Waals surface area contributed by atoms with Crippen LogP contribution in [-0.4, -0.2) is 11.7 Å². The molecule has 0 radical (unpaired) electrons. The summed E-state index contributed by atoms with van der Waals surface area (Å²) in [5, 5.41) is 9.76. The van der Waals surface area contributed by atoms with E-state index >= 15 is 0 Å². The summed E-state index contributed by atoms with van der Waals surface area (Å²) in [5.74, 6) is 2.15. The quantitative estimate of drug-likeness (QED) is 0.851. The molecular formula is C17H20O3. The second-order valence-electron chi connectivity index (χ2n) is 4.47. The third-order valence-electron chi connectivity index (χ3n) is 3.03. The van der Waals surface area contributed by atoms with E-state index in [0.717, 1.165) is 17.1 Å². The van der Waals surface area contributed by atoms with Gasteiger partial charge in [0.05, 0.1) is 12.7 Å². The van der Waals surface area contributed by atoms with E-state index < -0.39 is 6.10 Å². The first-order valence-corrected chi connectivity index (χ1v) is 6.92. The molecule has 2 rings (SSSR count). The Hall–Kier alpha value is -2.00. The van der Waals surface area contributed by atoms with Gasteiger partial charge in [-0.05, 0) is 43.2 Å². The van der Waals surface area contributed by atoms with Crippen LogP contribution in [0.3, 0.4) is 0 Å². The number of hydrogen-bond acceptors (Lipinski definition) is 3. The van der Waals surface area contributed by atoms with Crippen molar-refractivity contribution in [2.75, 3.05) is 6.61 Å². The lowest BCUT2D eigenvalue weighted by Crippen LogP contribution is -1.96. The highest BCUT2D eigenvalue weighted by Gasteiger charge is 2.07. The first-order valence-electron chi connectivity index (χ1n) is 6.92. The lowest BCUT2D eigenvalue weighted by molar-refractivity contribution is 0.173. The molecule has 0 saturated heterocycles. The summed E-state index contributed by atoms with van der Waals surface area (Å²) in [6.45, 7) is 4.49. The van der Waals surface area contributed by atoms with Gasteiger partial charge in [0.2, 0.25) is 0 Å². The van der Waals surface area contributed by atoms with Crippen molar-refractivity contribution in [3.63, 3.8) is 0 Å².